The molecule has 1 saturated carbocycles. The molecule has 0 spiro atoms. The predicted octanol–water partition coefficient (Wildman–Crippen LogP) is 1.11. The largest absolute Gasteiger partial charge is 0.371 e. The van der Waals surface area contributed by atoms with E-state index in [-0.39, 0.29) is 12.0 Å². The lowest BCUT2D eigenvalue weighted by atomic mass is 9.99. The van der Waals surface area contributed by atoms with Gasteiger partial charge in [-0.25, -0.2) is 0 Å². The molecule has 4 nitrogen and oxygen atoms in total. The zero-order chi connectivity index (χ0) is 12.8. The van der Waals surface area contributed by atoms with Gasteiger partial charge in [-0.3, -0.25) is 9.69 Å². The number of ether oxygens (including phenoxy) is 1. The van der Waals surface area contributed by atoms with Crippen molar-refractivity contribution in [2.24, 2.45) is 11.8 Å². The number of carbonyl (C=O) groups is 1. The second-order valence-corrected chi connectivity index (χ2v) is 6.83. The van der Waals surface area contributed by atoms with Gasteiger partial charge in [-0.1, -0.05) is 0 Å². The molecule has 3 saturated heterocycles. The molecule has 0 aromatic carbocycles. The molecule has 2 bridgehead atoms. The predicted molar refractivity (Wildman–Crippen MR) is 71.7 cm³/mol. The van der Waals surface area contributed by atoms with E-state index in [9.17, 15) is 4.79 Å². The quantitative estimate of drug-likeness (QED) is 0.765. The topological polar surface area (TPSA) is 32.8 Å². The van der Waals surface area contributed by atoms with Gasteiger partial charge in [0.1, 0.15) is 0 Å². The summed E-state index contributed by atoms with van der Waals surface area (Å²) in [5, 5.41) is 0. The van der Waals surface area contributed by atoms with E-state index < -0.39 is 0 Å². The van der Waals surface area contributed by atoms with Crippen LogP contribution in [0.15, 0.2) is 0 Å². The third kappa shape index (κ3) is 2.40. The van der Waals surface area contributed by atoms with Crippen LogP contribution in [0.2, 0.25) is 0 Å². The van der Waals surface area contributed by atoms with E-state index in [2.05, 4.69) is 9.80 Å². The molecule has 4 aliphatic rings. The number of rotatable bonds is 3. The number of hydrogen-bond acceptors (Lipinski definition) is 3. The lowest BCUT2D eigenvalue weighted by molar-refractivity contribution is -0.137. The molecular formula is C15H24N2O2. The van der Waals surface area contributed by atoms with Crippen LogP contribution in [0.1, 0.15) is 32.1 Å². The van der Waals surface area contributed by atoms with E-state index in [1.165, 1.54) is 32.2 Å². The van der Waals surface area contributed by atoms with Gasteiger partial charge >= 0.3 is 0 Å². The van der Waals surface area contributed by atoms with E-state index in [1.807, 2.05) is 0 Å². The second kappa shape index (κ2) is 4.74. The Morgan fingerprint density at radius 1 is 1.16 bits per heavy atom. The molecule has 4 heteroatoms. The molecule has 3 atom stereocenters. The average Bonchev–Trinajstić information content (AvgIpc) is 2.95. The van der Waals surface area contributed by atoms with Crippen molar-refractivity contribution in [1.29, 1.82) is 0 Å². The van der Waals surface area contributed by atoms with Gasteiger partial charge in [0.2, 0.25) is 5.91 Å². The maximum atomic E-state index is 12.6. The standard InChI is InChI=1S/C15H24N2O2/c18-15(17-5-1-2-6-17)13-7-12-9-16(8-11-3-4-11)10-14(13)19-12/h11-14H,1-10H2. The molecule has 19 heavy (non-hydrogen) atoms. The van der Waals surface area contributed by atoms with Crippen LogP contribution in [0.25, 0.3) is 0 Å². The lowest BCUT2D eigenvalue weighted by Gasteiger charge is -2.33. The molecule has 4 fully saturated rings. The van der Waals surface area contributed by atoms with E-state index in [0.717, 1.165) is 38.5 Å². The number of morpholine rings is 1. The Morgan fingerprint density at radius 2 is 1.95 bits per heavy atom. The summed E-state index contributed by atoms with van der Waals surface area (Å²) in [6.45, 7) is 5.21. The molecule has 0 aromatic heterocycles. The van der Waals surface area contributed by atoms with Gasteiger partial charge in [-0.2, -0.15) is 0 Å². The summed E-state index contributed by atoms with van der Waals surface area (Å²) in [5.41, 5.74) is 0. The third-order valence-corrected chi connectivity index (χ3v) is 5.18. The van der Waals surface area contributed by atoms with Crippen molar-refractivity contribution < 1.29 is 9.53 Å². The molecule has 3 unspecified atom stereocenters. The number of hydrogen-bond donors (Lipinski definition) is 0. The summed E-state index contributed by atoms with van der Waals surface area (Å²) in [6, 6.07) is 0. The first kappa shape index (κ1) is 12.2. The van der Waals surface area contributed by atoms with Gasteiger partial charge in [0.15, 0.2) is 0 Å². The van der Waals surface area contributed by atoms with Crippen LogP contribution in [0.3, 0.4) is 0 Å². The third-order valence-electron chi connectivity index (χ3n) is 5.18. The van der Waals surface area contributed by atoms with E-state index >= 15 is 0 Å². The molecule has 0 aromatic rings. The molecule has 1 aliphatic carbocycles. The number of likely N-dealkylation sites (tertiary alicyclic amines) is 2. The fraction of sp³-hybridized carbons (Fsp3) is 0.933. The Morgan fingerprint density at radius 3 is 2.68 bits per heavy atom. The first-order chi connectivity index (χ1) is 9.29. The molecule has 3 heterocycles. The molecule has 106 valence electrons. The van der Waals surface area contributed by atoms with Gasteiger partial charge in [-0.05, 0) is 38.0 Å². The second-order valence-electron chi connectivity index (χ2n) is 6.83. The van der Waals surface area contributed by atoms with Gasteiger partial charge in [0.25, 0.3) is 0 Å². The fourth-order valence-electron chi connectivity index (χ4n) is 3.98. The number of fused-ring (bicyclic) bond motifs is 2. The van der Waals surface area contributed by atoms with Gasteiger partial charge in [0, 0.05) is 32.7 Å². The van der Waals surface area contributed by atoms with Crippen molar-refractivity contribution in [3.8, 4) is 0 Å². The molecule has 1 amide bonds. The van der Waals surface area contributed by atoms with Crippen LogP contribution in [0, 0.1) is 11.8 Å². The molecule has 4 rings (SSSR count). The minimum Gasteiger partial charge on any atom is -0.371 e. The summed E-state index contributed by atoms with van der Waals surface area (Å²) in [7, 11) is 0. The summed E-state index contributed by atoms with van der Waals surface area (Å²) < 4.78 is 6.03. The van der Waals surface area contributed by atoms with Crippen molar-refractivity contribution in [2.75, 3.05) is 32.7 Å². The molecular weight excluding hydrogens is 240 g/mol. The van der Waals surface area contributed by atoms with Crippen LogP contribution in [-0.4, -0.2) is 60.6 Å². The molecule has 3 aliphatic heterocycles. The Labute approximate surface area is 115 Å². The van der Waals surface area contributed by atoms with Crippen LogP contribution in [0.4, 0.5) is 0 Å². The zero-order valence-electron chi connectivity index (χ0n) is 11.6. The monoisotopic (exact) mass is 264 g/mol. The Kier molecular flexibility index (Phi) is 3.03. The fourth-order valence-corrected chi connectivity index (χ4v) is 3.98. The van der Waals surface area contributed by atoms with Gasteiger partial charge in [0.05, 0.1) is 18.1 Å². The van der Waals surface area contributed by atoms with E-state index in [1.54, 1.807) is 0 Å². The Balaban J connectivity index is 1.40. The summed E-state index contributed by atoms with van der Waals surface area (Å²) in [6.07, 6.45) is 6.62. The van der Waals surface area contributed by atoms with Crippen molar-refractivity contribution in [3.63, 3.8) is 0 Å². The van der Waals surface area contributed by atoms with Gasteiger partial charge < -0.3 is 9.64 Å². The Hall–Kier alpha value is -0.610. The van der Waals surface area contributed by atoms with Crippen molar-refractivity contribution >= 4 is 5.91 Å². The number of carbonyl (C=O) groups excluding carboxylic acids is 1. The minimum atomic E-state index is 0.146. The summed E-state index contributed by atoms with van der Waals surface area (Å²) in [4.78, 5) is 17.2. The van der Waals surface area contributed by atoms with Crippen LogP contribution in [0.5, 0.6) is 0 Å². The van der Waals surface area contributed by atoms with Crippen molar-refractivity contribution in [3.05, 3.63) is 0 Å². The van der Waals surface area contributed by atoms with Crippen molar-refractivity contribution in [1.82, 2.24) is 9.80 Å². The first-order valence-electron chi connectivity index (χ1n) is 7.96. The number of amides is 1. The van der Waals surface area contributed by atoms with Crippen LogP contribution < -0.4 is 0 Å². The van der Waals surface area contributed by atoms with Crippen LogP contribution in [-0.2, 0) is 9.53 Å². The lowest BCUT2D eigenvalue weighted by Crippen LogP contribution is -2.46. The number of nitrogens with zero attached hydrogens (tertiary/aromatic N) is 2. The maximum Gasteiger partial charge on any atom is 0.228 e. The normalized spacial score (nSPS) is 38.9. The minimum absolute atomic E-state index is 0.146. The van der Waals surface area contributed by atoms with E-state index in [4.69, 9.17) is 4.74 Å². The van der Waals surface area contributed by atoms with Gasteiger partial charge in [-0.15, -0.1) is 0 Å². The van der Waals surface area contributed by atoms with Crippen molar-refractivity contribution in [2.45, 2.75) is 44.3 Å². The Bertz CT molecular complexity index is 363. The van der Waals surface area contributed by atoms with Crippen LogP contribution >= 0.6 is 0 Å². The summed E-state index contributed by atoms with van der Waals surface area (Å²) >= 11 is 0. The average molecular weight is 264 g/mol. The van der Waals surface area contributed by atoms with E-state index in [0.29, 0.717) is 12.0 Å². The highest BCUT2D eigenvalue weighted by Crippen LogP contribution is 2.36. The highest BCUT2D eigenvalue weighted by atomic mass is 16.5. The highest BCUT2D eigenvalue weighted by molar-refractivity contribution is 5.80. The smallest absolute Gasteiger partial charge is 0.228 e. The molecule has 0 radical (unpaired) electrons. The first-order valence-corrected chi connectivity index (χ1v) is 7.96. The zero-order valence-corrected chi connectivity index (χ0v) is 11.6. The maximum absolute atomic E-state index is 12.6. The summed E-state index contributed by atoms with van der Waals surface area (Å²) in [5.74, 6) is 1.45. The highest BCUT2D eigenvalue weighted by Gasteiger charge is 2.46. The molecule has 0 N–H and O–H groups in total. The SMILES string of the molecule is O=C(C1CC2CN(CC3CC3)CC1O2)N1CCCC1.